The van der Waals surface area contributed by atoms with E-state index in [9.17, 15) is 4.79 Å². The van der Waals surface area contributed by atoms with Gasteiger partial charge in [0.15, 0.2) is 0 Å². The van der Waals surface area contributed by atoms with E-state index in [4.69, 9.17) is 5.73 Å². The maximum atomic E-state index is 12.1. The molecule has 0 aliphatic heterocycles. The second-order valence-electron chi connectivity index (χ2n) is 5.38. The van der Waals surface area contributed by atoms with Crippen LogP contribution >= 0.6 is 0 Å². The van der Waals surface area contributed by atoms with E-state index in [-0.39, 0.29) is 11.8 Å². The van der Waals surface area contributed by atoms with E-state index in [0.29, 0.717) is 18.5 Å². The van der Waals surface area contributed by atoms with Crippen molar-refractivity contribution in [3.8, 4) is 0 Å². The summed E-state index contributed by atoms with van der Waals surface area (Å²) in [5, 5.41) is 3.23. The Kier molecular flexibility index (Phi) is 4.22. The molecule has 92 valence electrons. The molecule has 3 N–H and O–H groups in total. The van der Waals surface area contributed by atoms with E-state index < -0.39 is 0 Å². The molecule has 1 amide bonds. The number of nitrogens with one attached hydrogen (secondary N) is 1. The topological polar surface area (TPSA) is 55.1 Å². The predicted molar refractivity (Wildman–Crippen MR) is 64.9 cm³/mol. The van der Waals surface area contributed by atoms with Gasteiger partial charge in [0.25, 0.3) is 0 Å². The summed E-state index contributed by atoms with van der Waals surface area (Å²) in [6.07, 6.45) is 9.58. The highest BCUT2D eigenvalue weighted by Gasteiger charge is 2.32. The van der Waals surface area contributed by atoms with Crippen LogP contribution in [0.4, 0.5) is 0 Å². The molecule has 0 aromatic rings. The van der Waals surface area contributed by atoms with Gasteiger partial charge in [-0.25, -0.2) is 0 Å². The molecule has 0 heterocycles. The van der Waals surface area contributed by atoms with Crippen molar-refractivity contribution >= 4 is 5.91 Å². The van der Waals surface area contributed by atoms with Crippen molar-refractivity contribution in [1.29, 1.82) is 0 Å². The molecule has 2 saturated carbocycles. The minimum absolute atomic E-state index is 0.201. The average Bonchev–Trinajstić information content (AvgIpc) is 2.78. The summed E-state index contributed by atoms with van der Waals surface area (Å²) in [4.78, 5) is 12.1. The van der Waals surface area contributed by atoms with E-state index in [0.717, 1.165) is 12.8 Å². The third kappa shape index (κ3) is 2.76. The summed E-state index contributed by atoms with van der Waals surface area (Å²) < 4.78 is 0. The van der Waals surface area contributed by atoms with Crippen LogP contribution in [0.1, 0.15) is 51.4 Å². The van der Waals surface area contributed by atoms with Gasteiger partial charge in [-0.05, 0) is 38.1 Å². The largest absolute Gasteiger partial charge is 0.353 e. The van der Waals surface area contributed by atoms with Gasteiger partial charge >= 0.3 is 0 Å². The van der Waals surface area contributed by atoms with E-state index in [2.05, 4.69) is 5.32 Å². The van der Waals surface area contributed by atoms with Gasteiger partial charge in [-0.2, -0.15) is 0 Å². The molecule has 2 atom stereocenters. The standard InChI is InChI=1S/C13H24N2O/c14-9-10-5-4-8-12(10)13(16)15-11-6-2-1-3-7-11/h10-12H,1-9,14H2,(H,15,16)/t10-,12-/m1/s1. The molecule has 0 spiro atoms. The summed E-state index contributed by atoms with van der Waals surface area (Å²) in [5.74, 6) is 0.912. The van der Waals surface area contributed by atoms with E-state index >= 15 is 0 Å². The third-order valence-corrected chi connectivity index (χ3v) is 4.25. The molecule has 0 radical (unpaired) electrons. The quantitative estimate of drug-likeness (QED) is 0.768. The molecule has 0 aromatic carbocycles. The molecule has 0 aromatic heterocycles. The number of carbonyl (C=O) groups is 1. The highest BCUT2D eigenvalue weighted by Crippen LogP contribution is 2.31. The Labute approximate surface area is 98.2 Å². The minimum atomic E-state index is 0.201. The van der Waals surface area contributed by atoms with E-state index in [1.807, 2.05) is 0 Å². The molecule has 3 heteroatoms. The zero-order chi connectivity index (χ0) is 11.4. The molecular weight excluding hydrogens is 200 g/mol. The number of amides is 1. The van der Waals surface area contributed by atoms with Crippen molar-refractivity contribution in [2.45, 2.75) is 57.4 Å². The lowest BCUT2D eigenvalue weighted by Crippen LogP contribution is -2.41. The Bertz CT molecular complexity index is 236. The van der Waals surface area contributed by atoms with Crippen LogP contribution in [0.5, 0.6) is 0 Å². The zero-order valence-corrected chi connectivity index (χ0v) is 10.1. The minimum Gasteiger partial charge on any atom is -0.353 e. The Balaban J connectivity index is 1.82. The van der Waals surface area contributed by atoms with Gasteiger partial charge in [-0.3, -0.25) is 4.79 Å². The van der Waals surface area contributed by atoms with E-state index in [1.165, 1.54) is 38.5 Å². The van der Waals surface area contributed by atoms with Crippen LogP contribution < -0.4 is 11.1 Å². The van der Waals surface area contributed by atoms with Crippen molar-refractivity contribution < 1.29 is 4.79 Å². The van der Waals surface area contributed by atoms with Crippen molar-refractivity contribution in [1.82, 2.24) is 5.32 Å². The molecular formula is C13H24N2O. The van der Waals surface area contributed by atoms with Crippen molar-refractivity contribution in [3.63, 3.8) is 0 Å². The van der Waals surface area contributed by atoms with Gasteiger partial charge in [0.1, 0.15) is 0 Å². The Morgan fingerprint density at radius 1 is 1.06 bits per heavy atom. The highest BCUT2D eigenvalue weighted by atomic mass is 16.2. The molecule has 0 saturated heterocycles. The van der Waals surface area contributed by atoms with Gasteiger partial charge in [-0.1, -0.05) is 25.7 Å². The van der Waals surface area contributed by atoms with Gasteiger partial charge in [0.2, 0.25) is 5.91 Å². The fraction of sp³-hybridized carbons (Fsp3) is 0.923. The van der Waals surface area contributed by atoms with Crippen LogP contribution in [0.15, 0.2) is 0 Å². The Hall–Kier alpha value is -0.570. The fourth-order valence-corrected chi connectivity index (χ4v) is 3.22. The first kappa shape index (κ1) is 11.9. The Morgan fingerprint density at radius 2 is 1.81 bits per heavy atom. The summed E-state index contributed by atoms with van der Waals surface area (Å²) in [7, 11) is 0. The van der Waals surface area contributed by atoms with Crippen LogP contribution in [-0.2, 0) is 4.79 Å². The van der Waals surface area contributed by atoms with Crippen LogP contribution in [0, 0.1) is 11.8 Å². The van der Waals surface area contributed by atoms with Crippen LogP contribution in [0.2, 0.25) is 0 Å². The summed E-state index contributed by atoms with van der Waals surface area (Å²) in [5.41, 5.74) is 5.72. The number of rotatable bonds is 3. The van der Waals surface area contributed by atoms with Crippen molar-refractivity contribution in [3.05, 3.63) is 0 Å². The number of hydrogen-bond acceptors (Lipinski definition) is 2. The van der Waals surface area contributed by atoms with Crippen LogP contribution in [0.3, 0.4) is 0 Å². The molecule has 2 aliphatic rings. The Morgan fingerprint density at radius 3 is 2.50 bits per heavy atom. The summed E-state index contributed by atoms with van der Waals surface area (Å²) >= 11 is 0. The lowest BCUT2D eigenvalue weighted by atomic mass is 9.92. The van der Waals surface area contributed by atoms with Gasteiger partial charge in [-0.15, -0.1) is 0 Å². The molecule has 3 nitrogen and oxygen atoms in total. The van der Waals surface area contributed by atoms with Crippen LogP contribution in [-0.4, -0.2) is 18.5 Å². The maximum absolute atomic E-state index is 12.1. The van der Waals surface area contributed by atoms with Gasteiger partial charge < -0.3 is 11.1 Å². The average molecular weight is 224 g/mol. The monoisotopic (exact) mass is 224 g/mol. The molecule has 2 aliphatic carbocycles. The number of carbonyl (C=O) groups excluding carboxylic acids is 1. The summed E-state index contributed by atoms with van der Waals surface area (Å²) in [6.45, 7) is 0.669. The number of nitrogens with two attached hydrogens (primary N) is 1. The first-order chi connectivity index (χ1) is 7.81. The third-order valence-electron chi connectivity index (χ3n) is 4.25. The van der Waals surface area contributed by atoms with Gasteiger partial charge in [0.05, 0.1) is 0 Å². The van der Waals surface area contributed by atoms with Gasteiger partial charge in [0, 0.05) is 12.0 Å². The maximum Gasteiger partial charge on any atom is 0.223 e. The second kappa shape index (κ2) is 5.67. The zero-order valence-electron chi connectivity index (χ0n) is 10.1. The normalized spacial score (nSPS) is 31.6. The van der Waals surface area contributed by atoms with Crippen molar-refractivity contribution in [2.75, 3.05) is 6.54 Å². The first-order valence-electron chi connectivity index (χ1n) is 6.81. The predicted octanol–water partition coefficient (Wildman–Crippen LogP) is 1.81. The van der Waals surface area contributed by atoms with Crippen LogP contribution in [0.25, 0.3) is 0 Å². The molecule has 2 fully saturated rings. The smallest absolute Gasteiger partial charge is 0.223 e. The summed E-state index contributed by atoms with van der Waals surface area (Å²) in [6, 6.07) is 0.445. The molecule has 0 bridgehead atoms. The van der Waals surface area contributed by atoms with Crippen molar-refractivity contribution in [2.24, 2.45) is 17.6 Å². The lowest BCUT2D eigenvalue weighted by Gasteiger charge is -2.26. The lowest BCUT2D eigenvalue weighted by molar-refractivity contribution is -0.126. The molecule has 0 unspecified atom stereocenters. The number of hydrogen-bond donors (Lipinski definition) is 2. The second-order valence-corrected chi connectivity index (χ2v) is 5.38. The SMILES string of the molecule is NC[C@H]1CCC[C@H]1C(=O)NC1CCCCC1. The first-order valence-corrected chi connectivity index (χ1v) is 6.81. The fourth-order valence-electron chi connectivity index (χ4n) is 3.22. The molecule has 2 rings (SSSR count). The molecule has 16 heavy (non-hydrogen) atoms. The van der Waals surface area contributed by atoms with E-state index in [1.54, 1.807) is 0 Å². The highest BCUT2D eigenvalue weighted by molar-refractivity contribution is 5.79.